The van der Waals surface area contributed by atoms with Crippen molar-refractivity contribution in [2.75, 3.05) is 11.9 Å². The van der Waals surface area contributed by atoms with Gasteiger partial charge >= 0.3 is 6.09 Å². The number of ether oxygens (including phenoxy) is 1. The number of carbonyl (C=O) groups is 3. The Kier molecular flexibility index (Phi) is 7.98. The Labute approximate surface area is 177 Å². The number of rotatable bonds is 7. The number of benzene rings is 2. The molecule has 3 amide bonds. The van der Waals surface area contributed by atoms with E-state index in [1.54, 1.807) is 32.9 Å². The van der Waals surface area contributed by atoms with Crippen LogP contribution < -0.4 is 16.0 Å². The molecule has 0 atom stereocenters. The van der Waals surface area contributed by atoms with Gasteiger partial charge in [0, 0.05) is 12.2 Å². The first-order valence-electron chi connectivity index (χ1n) is 9.79. The molecule has 0 saturated carbocycles. The quantitative estimate of drug-likeness (QED) is 0.651. The molecule has 0 unspecified atom stereocenters. The van der Waals surface area contributed by atoms with E-state index in [1.165, 1.54) is 0 Å². The van der Waals surface area contributed by atoms with Gasteiger partial charge in [0.2, 0.25) is 11.8 Å². The van der Waals surface area contributed by atoms with Crippen LogP contribution in [0.2, 0.25) is 0 Å². The van der Waals surface area contributed by atoms with Crippen LogP contribution in [-0.4, -0.2) is 30.1 Å². The van der Waals surface area contributed by atoms with Gasteiger partial charge in [0.05, 0.1) is 6.42 Å². The monoisotopic (exact) mass is 411 g/mol. The molecule has 0 bridgehead atoms. The highest BCUT2D eigenvalue weighted by Gasteiger charge is 2.16. The zero-order chi connectivity index (χ0) is 22.1. The first-order valence-corrected chi connectivity index (χ1v) is 9.79. The van der Waals surface area contributed by atoms with E-state index < -0.39 is 11.7 Å². The van der Waals surface area contributed by atoms with Crippen molar-refractivity contribution in [2.24, 2.45) is 0 Å². The SMILES string of the molecule is Cc1ccccc1CC(=O)NCc1ccc(NC(=O)CNC(=O)OC(C)(C)C)cc1. The lowest BCUT2D eigenvalue weighted by Gasteiger charge is -2.19. The summed E-state index contributed by atoms with van der Waals surface area (Å²) < 4.78 is 5.08. The molecule has 3 N–H and O–H groups in total. The van der Waals surface area contributed by atoms with E-state index in [9.17, 15) is 14.4 Å². The maximum absolute atomic E-state index is 12.2. The zero-order valence-electron chi connectivity index (χ0n) is 17.9. The van der Waals surface area contributed by atoms with E-state index in [-0.39, 0.29) is 18.4 Å². The summed E-state index contributed by atoms with van der Waals surface area (Å²) in [5.74, 6) is -0.407. The van der Waals surface area contributed by atoms with Gasteiger partial charge in [-0.2, -0.15) is 0 Å². The smallest absolute Gasteiger partial charge is 0.408 e. The van der Waals surface area contributed by atoms with Crippen molar-refractivity contribution in [3.8, 4) is 0 Å². The summed E-state index contributed by atoms with van der Waals surface area (Å²) in [5.41, 5.74) is 2.99. The predicted molar refractivity (Wildman–Crippen MR) is 116 cm³/mol. The van der Waals surface area contributed by atoms with Gasteiger partial charge < -0.3 is 20.7 Å². The summed E-state index contributed by atoms with van der Waals surface area (Å²) in [7, 11) is 0. The molecular weight excluding hydrogens is 382 g/mol. The van der Waals surface area contributed by atoms with E-state index in [4.69, 9.17) is 4.74 Å². The van der Waals surface area contributed by atoms with E-state index in [0.29, 0.717) is 18.7 Å². The Morgan fingerprint density at radius 3 is 2.20 bits per heavy atom. The molecule has 0 spiro atoms. The van der Waals surface area contributed by atoms with Crippen molar-refractivity contribution < 1.29 is 19.1 Å². The minimum absolute atomic E-state index is 0.0464. The van der Waals surface area contributed by atoms with Crippen LogP contribution in [0.25, 0.3) is 0 Å². The van der Waals surface area contributed by atoms with Crippen molar-refractivity contribution in [1.29, 1.82) is 0 Å². The molecule has 160 valence electrons. The predicted octanol–water partition coefficient (Wildman–Crippen LogP) is 3.32. The fourth-order valence-electron chi connectivity index (χ4n) is 2.62. The Balaban J connectivity index is 1.75. The van der Waals surface area contributed by atoms with E-state index in [1.807, 2.05) is 43.3 Å². The molecule has 0 heterocycles. The van der Waals surface area contributed by atoms with E-state index >= 15 is 0 Å². The Morgan fingerprint density at radius 2 is 1.57 bits per heavy atom. The number of nitrogens with one attached hydrogen (secondary N) is 3. The van der Waals surface area contributed by atoms with Crippen LogP contribution in [0.15, 0.2) is 48.5 Å². The van der Waals surface area contributed by atoms with Crippen molar-refractivity contribution in [1.82, 2.24) is 10.6 Å². The maximum atomic E-state index is 12.2. The molecular formula is C23H29N3O4. The van der Waals surface area contributed by atoms with Crippen LogP contribution in [0.4, 0.5) is 10.5 Å². The topological polar surface area (TPSA) is 96.5 Å². The number of alkyl carbamates (subject to hydrolysis) is 1. The highest BCUT2D eigenvalue weighted by molar-refractivity contribution is 5.93. The summed E-state index contributed by atoms with van der Waals surface area (Å²) in [6.45, 7) is 7.45. The fourth-order valence-corrected chi connectivity index (χ4v) is 2.62. The normalized spacial score (nSPS) is 10.8. The minimum Gasteiger partial charge on any atom is -0.444 e. The third-order valence-corrected chi connectivity index (χ3v) is 4.13. The molecule has 0 saturated heterocycles. The van der Waals surface area contributed by atoms with E-state index in [2.05, 4.69) is 16.0 Å². The number of amides is 3. The van der Waals surface area contributed by atoms with Gasteiger partial charge in [0.25, 0.3) is 0 Å². The number of hydrogen-bond acceptors (Lipinski definition) is 4. The summed E-state index contributed by atoms with van der Waals surface area (Å²) in [6.07, 6.45) is -0.305. The summed E-state index contributed by atoms with van der Waals surface area (Å²) in [4.78, 5) is 35.7. The Bertz CT molecular complexity index is 886. The van der Waals surface area contributed by atoms with Crippen LogP contribution in [0.5, 0.6) is 0 Å². The Hall–Kier alpha value is -3.35. The van der Waals surface area contributed by atoms with Crippen LogP contribution >= 0.6 is 0 Å². The van der Waals surface area contributed by atoms with Gasteiger partial charge in [0.15, 0.2) is 0 Å². The van der Waals surface area contributed by atoms with Crippen molar-refractivity contribution >= 4 is 23.6 Å². The average molecular weight is 412 g/mol. The van der Waals surface area contributed by atoms with Crippen molar-refractivity contribution in [2.45, 2.75) is 46.3 Å². The van der Waals surface area contributed by atoms with Gasteiger partial charge in [-0.15, -0.1) is 0 Å². The van der Waals surface area contributed by atoms with Gasteiger partial charge in [-0.25, -0.2) is 4.79 Å². The highest BCUT2D eigenvalue weighted by Crippen LogP contribution is 2.11. The molecule has 30 heavy (non-hydrogen) atoms. The largest absolute Gasteiger partial charge is 0.444 e. The number of carbonyl (C=O) groups excluding carboxylic acids is 3. The first-order chi connectivity index (χ1) is 14.1. The standard InChI is InChI=1S/C23H29N3O4/c1-16-7-5-6-8-18(16)13-20(27)24-14-17-9-11-19(12-10-17)26-21(28)15-25-22(29)30-23(2,3)4/h5-12H,13-15H2,1-4H3,(H,24,27)(H,25,29)(H,26,28). The molecule has 0 aliphatic rings. The molecule has 7 heteroatoms. The summed E-state index contributed by atoms with van der Waals surface area (Å²) in [5, 5.41) is 8.00. The van der Waals surface area contributed by atoms with E-state index in [0.717, 1.165) is 16.7 Å². The highest BCUT2D eigenvalue weighted by atomic mass is 16.6. The molecule has 0 aromatic heterocycles. The molecule has 0 radical (unpaired) electrons. The summed E-state index contributed by atoms with van der Waals surface area (Å²) >= 11 is 0. The van der Waals surface area contributed by atoms with Crippen LogP contribution in [0.3, 0.4) is 0 Å². The molecule has 2 rings (SSSR count). The number of anilines is 1. The Morgan fingerprint density at radius 1 is 0.900 bits per heavy atom. The fraction of sp³-hybridized carbons (Fsp3) is 0.348. The molecule has 2 aromatic carbocycles. The lowest BCUT2D eigenvalue weighted by atomic mass is 10.1. The molecule has 0 aliphatic heterocycles. The van der Waals surface area contributed by atoms with Crippen LogP contribution in [0.1, 0.15) is 37.5 Å². The summed E-state index contributed by atoms with van der Waals surface area (Å²) in [6, 6.07) is 14.9. The second-order valence-corrected chi connectivity index (χ2v) is 7.98. The molecule has 0 aliphatic carbocycles. The maximum Gasteiger partial charge on any atom is 0.408 e. The van der Waals surface area contributed by atoms with Crippen molar-refractivity contribution in [3.63, 3.8) is 0 Å². The lowest BCUT2D eigenvalue weighted by Crippen LogP contribution is -2.37. The van der Waals surface area contributed by atoms with Crippen LogP contribution in [-0.2, 0) is 27.3 Å². The second kappa shape index (κ2) is 10.4. The van der Waals surface area contributed by atoms with Gasteiger partial charge in [-0.3, -0.25) is 9.59 Å². The third kappa shape index (κ3) is 8.34. The second-order valence-electron chi connectivity index (χ2n) is 7.98. The van der Waals surface area contributed by atoms with Gasteiger partial charge in [-0.05, 0) is 56.5 Å². The third-order valence-electron chi connectivity index (χ3n) is 4.13. The molecule has 2 aromatic rings. The molecule has 0 fully saturated rings. The van der Waals surface area contributed by atoms with Gasteiger partial charge in [0.1, 0.15) is 12.1 Å². The zero-order valence-corrected chi connectivity index (χ0v) is 17.9. The van der Waals surface area contributed by atoms with Gasteiger partial charge in [-0.1, -0.05) is 36.4 Å². The van der Waals surface area contributed by atoms with Crippen LogP contribution in [0, 0.1) is 6.92 Å². The minimum atomic E-state index is -0.644. The van der Waals surface area contributed by atoms with Crippen molar-refractivity contribution in [3.05, 3.63) is 65.2 Å². The average Bonchev–Trinajstić information content (AvgIpc) is 2.66. The number of aryl methyl sites for hydroxylation is 1. The number of hydrogen-bond donors (Lipinski definition) is 3. The first kappa shape index (κ1) is 22.9. The molecule has 7 nitrogen and oxygen atoms in total. The lowest BCUT2D eigenvalue weighted by molar-refractivity contribution is -0.120.